The molecule has 0 aromatic heterocycles. The Bertz CT molecular complexity index is 559. The fourth-order valence-corrected chi connectivity index (χ4v) is 2.21. The summed E-state index contributed by atoms with van der Waals surface area (Å²) < 4.78 is 19.4. The number of hydrazine groups is 1. The molecule has 0 radical (unpaired) electrons. The molecule has 7 heteroatoms. The number of hydrogen-bond acceptors (Lipinski definition) is 5. The Morgan fingerprint density at radius 2 is 2.30 bits per heavy atom. The summed E-state index contributed by atoms with van der Waals surface area (Å²) in [5.74, 6) is 2.05. The number of ether oxygens (including phenoxy) is 1. The number of aliphatic hydroxyl groups is 1. The third kappa shape index (κ3) is 2.81. The lowest BCUT2D eigenvalue weighted by atomic mass is 10.2. The Labute approximate surface area is 121 Å². The highest BCUT2D eigenvalue weighted by molar-refractivity contribution is 6.32. The molecule has 0 aliphatic carbocycles. The van der Waals surface area contributed by atoms with Crippen LogP contribution < -0.4 is 20.5 Å². The molecule has 3 N–H and O–H groups in total. The van der Waals surface area contributed by atoms with Crippen LogP contribution in [0.3, 0.4) is 0 Å². The summed E-state index contributed by atoms with van der Waals surface area (Å²) in [7, 11) is 0. The van der Waals surface area contributed by atoms with E-state index in [9.17, 15) is 9.50 Å². The van der Waals surface area contributed by atoms with Crippen molar-refractivity contribution < 1.29 is 14.2 Å². The average Bonchev–Trinajstić information content (AvgIpc) is 2.61. The maximum absolute atomic E-state index is 14.1. The molecule has 5 nitrogen and oxygen atoms in total. The van der Waals surface area contributed by atoms with Crippen LogP contribution in [-0.2, 0) is 0 Å². The standard InChI is InChI=1S/C13H15ClFN3O2/c1-4-5-20-11-7-10(9(15)6-8(11)14)18-13(2,3)16-12(19)17-18/h1,6-7,12,16-17,19H,5H2,2-3H3. The molecular formula is C13H15ClFN3O2. The molecule has 1 aliphatic rings. The van der Waals surface area contributed by atoms with Crippen molar-refractivity contribution in [2.75, 3.05) is 11.6 Å². The van der Waals surface area contributed by atoms with E-state index < -0.39 is 17.8 Å². The predicted octanol–water partition coefficient (Wildman–Crippen LogP) is 1.42. The van der Waals surface area contributed by atoms with E-state index >= 15 is 0 Å². The van der Waals surface area contributed by atoms with Crippen LogP contribution in [0.15, 0.2) is 12.1 Å². The van der Waals surface area contributed by atoms with E-state index in [0.717, 1.165) is 6.07 Å². The first-order chi connectivity index (χ1) is 9.35. The van der Waals surface area contributed by atoms with Gasteiger partial charge in [-0.25, -0.2) is 4.39 Å². The molecule has 0 amide bonds. The predicted molar refractivity (Wildman–Crippen MR) is 74.6 cm³/mol. The highest BCUT2D eigenvalue weighted by atomic mass is 35.5. The van der Waals surface area contributed by atoms with Crippen molar-refractivity contribution in [3.63, 3.8) is 0 Å². The average molecular weight is 300 g/mol. The van der Waals surface area contributed by atoms with Crippen molar-refractivity contribution in [1.82, 2.24) is 10.7 Å². The second-order valence-electron chi connectivity index (χ2n) is 4.80. The van der Waals surface area contributed by atoms with Gasteiger partial charge in [0.15, 0.2) is 6.35 Å². The Morgan fingerprint density at radius 1 is 1.60 bits per heavy atom. The molecule has 1 heterocycles. The molecule has 2 rings (SSSR count). The molecule has 108 valence electrons. The molecule has 0 bridgehead atoms. The van der Waals surface area contributed by atoms with E-state index in [-0.39, 0.29) is 23.1 Å². The summed E-state index contributed by atoms with van der Waals surface area (Å²) in [6, 6.07) is 2.58. The van der Waals surface area contributed by atoms with E-state index in [1.54, 1.807) is 13.8 Å². The first-order valence-corrected chi connectivity index (χ1v) is 6.30. The van der Waals surface area contributed by atoms with Crippen molar-refractivity contribution >= 4 is 17.3 Å². The number of aliphatic hydroxyl groups excluding tert-OH is 1. The van der Waals surface area contributed by atoms with Gasteiger partial charge in [0.05, 0.1) is 10.7 Å². The van der Waals surface area contributed by atoms with E-state index in [4.69, 9.17) is 22.8 Å². The number of nitrogens with one attached hydrogen (secondary N) is 2. The van der Waals surface area contributed by atoms with Crippen LogP contribution in [0.5, 0.6) is 5.75 Å². The summed E-state index contributed by atoms with van der Waals surface area (Å²) in [5.41, 5.74) is 2.20. The molecule has 1 fully saturated rings. The maximum Gasteiger partial charge on any atom is 0.179 e. The lowest BCUT2D eigenvalue weighted by Crippen LogP contribution is -2.49. The summed E-state index contributed by atoms with van der Waals surface area (Å²) >= 11 is 5.91. The van der Waals surface area contributed by atoms with Gasteiger partial charge in [-0.1, -0.05) is 17.5 Å². The Hall–Kier alpha value is -1.52. The number of halogens is 2. The lowest BCUT2D eigenvalue weighted by Gasteiger charge is -2.32. The Kier molecular flexibility index (Phi) is 4.06. The van der Waals surface area contributed by atoms with Crippen LogP contribution in [0.4, 0.5) is 10.1 Å². The molecule has 1 saturated heterocycles. The molecule has 1 aromatic carbocycles. The van der Waals surface area contributed by atoms with E-state index in [2.05, 4.69) is 16.7 Å². The van der Waals surface area contributed by atoms with Gasteiger partial charge in [0, 0.05) is 6.07 Å². The molecule has 1 aliphatic heterocycles. The first-order valence-electron chi connectivity index (χ1n) is 5.92. The SMILES string of the molecule is C#CCOc1cc(N2NC(O)NC2(C)C)c(F)cc1Cl. The van der Waals surface area contributed by atoms with Crippen LogP contribution in [0, 0.1) is 18.2 Å². The van der Waals surface area contributed by atoms with Crippen molar-refractivity contribution in [1.29, 1.82) is 0 Å². The van der Waals surface area contributed by atoms with E-state index in [1.807, 2.05) is 0 Å². The number of anilines is 1. The van der Waals surface area contributed by atoms with Gasteiger partial charge in [-0.3, -0.25) is 10.3 Å². The molecule has 1 aromatic rings. The summed E-state index contributed by atoms with van der Waals surface area (Å²) in [6.07, 6.45) is 4.14. The molecular weight excluding hydrogens is 285 g/mol. The first kappa shape index (κ1) is 14.9. The highest BCUT2D eigenvalue weighted by Crippen LogP contribution is 2.35. The minimum absolute atomic E-state index is 0.0302. The topological polar surface area (TPSA) is 56.8 Å². The van der Waals surface area contributed by atoms with Crippen molar-refractivity contribution in [3.05, 3.63) is 23.0 Å². The number of nitrogens with zero attached hydrogens (tertiary/aromatic N) is 1. The minimum Gasteiger partial charge on any atom is -0.479 e. The molecule has 0 saturated carbocycles. The van der Waals surface area contributed by atoms with Gasteiger partial charge in [0.25, 0.3) is 0 Å². The van der Waals surface area contributed by atoms with Crippen LogP contribution in [0.2, 0.25) is 5.02 Å². The Morgan fingerprint density at radius 3 is 2.85 bits per heavy atom. The summed E-state index contributed by atoms with van der Waals surface area (Å²) in [6.45, 7) is 3.60. The molecule has 0 spiro atoms. The quantitative estimate of drug-likeness (QED) is 0.737. The highest BCUT2D eigenvalue weighted by Gasteiger charge is 2.38. The van der Waals surface area contributed by atoms with E-state index in [0.29, 0.717) is 0 Å². The van der Waals surface area contributed by atoms with Crippen LogP contribution in [-0.4, -0.2) is 23.7 Å². The van der Waals surface area contributed by atoms with Crippen molar-refractivity contribution in [2.24, 2.45) is 0 Å². The number of terminal acetylenes is 1. The fraction of sp³-hybridized carbons (Fsp3) is 0.385. The van der Waals surface area contributed by atoms with Crippen molar-refractivity contribution in [2.45, 2.75) is 25.9 Å². The molecule has 20 heavy (non-hydrogen) atoms. The number of hydrogen-bond donors (Lipinski definition) is 3. The van der Waals surface area contributed by atoms with Gasteiger partial charge in [0.2, 0.25) is 0 Å². The van der Waals surface area contributed by atoms with Crippen LogP contribution >= 0.6 is 11.6 Å². The van der Waals surface area contributed by atoms with Gasteiger partial charge >= 0.3 is 0 Å². The molecule has 1 unspecified atom stereocenters. The third-order valence-corrected chi connectivity index (χ3v) is 3.15. The largest absolute Gasteiger partial charge is 0.479 e. The van der Waals surface area contributed by atoms with Gasteiger partial charge < -0.3 is 9.84 Å². The zero-order valence-electron chi connectivity index (χ0n) is 11.1. The van der Waals surface area contributed by atoms with Gasteiger partial charge in [-0.05, 0) is 19.9 Å². The van der Waals surface area contributed by atoms with Crippen LogP contribution in [0.25, 0.3) is 0 Å². The minimum atomic E-state index is -0.977. The third-order valence-electron chi connectivity index (χ3n) is 2.85. The zero-order chi connectivity index (χ0) is 14.9. The van der Waals surface area contributed by atoms with E-state index in [1.165, 1.54) is 11.1 Å². The smallest absolute Gasteiger partial charge is 0.179 e. The second kappa shape index (κ2) is 5.46. The lowest BCUT2D eigenvalue weighted by molar-refractivity contribution is 0.126. The number of rotatable bonds is 3. The fourth-order valence-electron chi connectivity index (χ4n) is 2.01. The summed E-state index contributed by atoms with van der Waals surface area (Å²) in [5, 5.41) is 14.0. The summed E-state index contributed by atoms with van der Waals surface area (Å²) in [4.78, 5) is 0. The zero-order valence-corrected chi connectivity index (χ0v) is 11.8. The van der Waals surface area contributed by atoms with Crippen LogP contribution in [0.1, 0.15) is 13.8 Å². The second-order valence-corrected chi connectivity index (χ2v) is 5.20. The normalized spacial score (nSPS) is 20.8. The number of benzene rings is 1. The van der Waals surface area contributed by atoms with Gasteiger partial charge in [0.1, 0.15) is 23.8 Å². The van der Waals surface area contributed by atoms with Crippen molar-refractivity contribution in [3.8, 4) is 18.1 Å². The monoisotopic (exact) mass is 299 g/mol. The Balaban J connectivity index is 2.39. The van der Waals surface area contributed by atoms with Gasteiger partial charge in [-0.2, -0.15) is 5.43 Å². The molecule has 1 atom stereocenters. The van der Waals surface area contributed by atoms with Gasteiger partial charge in [-0.15, -0.1) is 6.42 Å². The maximum atomic E-state index is 14.1.